The smallest absolute Gasteiger partial charge is 0.0648 e. The van der Waals surface area contributed by atoms with Gasteiger partial charge in [0.25, 0.3) is 0 Å². The van der Waals surface area contributed by atoms with E-state index in [1.54, 1.807) is 12.4 Å². The molecule has 1 unspecified atom stereocenters. The Hall–Kier alpha value is -1.52. The van der Waals surface area contributed by atoms with Crippen LogP contribution in [0, 0.1) is 13.8 Å². The largest absolute Gasteiger partial charge is 0.313 e. The molecule has 5 heteroatoms. The van der Waals surface area contributed by atoms with Crippen molar-refractivity contribution in [2.45, 2.75) is 26.3 Å². The van der Waals surface area contributed by atoms with E-state index in [4.69, 9.17) is 11.6 Å². The number of halogens is 1. The predicted octanol–water partition coefficient (Wildman–Crippen LogP) is 2.65. The summed E-state index contributed by atoms with van der Waals surface area (Å²) in [5.41, 5.74) is 4.09. The van der Waals surface area contributed by atoms with E-state index in [1.165, 1.54) is 0 Å². The first-order valence-corrected chi connectivity index (χ1v) is 6.56. The third-order valence-corrected chi connectivity index (χ3v) is 3.48. The molecule has 2 heterocycles. The maximum Gasteiger partial charge on any atom is 0.0648 e. The molecular formula is C14H17ClN4. The van der Waals surface area contributed by atoms with Crippen LogP contribution in [0.4, 0.5) is 0 Å². The van der Waals surface area contributed by atoms with Gasteiger partial charge in [0.15, 0.2) is 0 Å². The van der Waals surface area contributed by atoms with Crippen LogP contribution in [0.25, 0.3) is 0 Å². The molecular weight excluding hydrogens is 260 g/mol. The van der Waals surface area contributed by atoms with Gasteiger partial charge in [0.2, 0.25) is 0 Å². The summed E-state index contributed by atoms with van der Waals surface area (Å²) < 4.78 is 0. The highest BCUT2D eigenvalue weighted by Gasteiger charge is 2.15. The fourth-order valence-electron chi connectivity index (χ4n) is 2.08. The molecule has 0 aliphatic rings. The Morgan fingerprint density at radius 1 is 1.32 bits per heavy atom. The normalized spacial score (nSPS) is 12.4. The number of aromatic nitrogens is 3. The van der Waals surface area contributed by atoms with Crippen LogP contribution in [0.2, 0.25) is 5.02 Å². The van der Waals surface area contributed by atoms with Gasteiger partial charge in [-0.25, -0.2) is 0 Å². The highest BCUT2D eigenvalue weighted by Crippen LogP contribution is 2.24. The molecule has 2 rings (SSSR count). The average molecular weight is 277 g/mol. The van der Waals surface area contributed by atoms with Gasteiger partial charge in [-0.3, -0.25) is 4.98 Å². The lowest BCUT2D eigenvalue weighted by molar-refractivity contribution is 0.582. The molecule has 0 spiro atoms. The Morgan fingerprint density at radius 3 is 2.79 bits per heavy atom. The summed E-state index contributed by atoms with van der Waals surface area (Å²) in [6.07, 6.45) is 4.23. The Balaban J connectivity index is 2.30. The lowest BCUT2D eigenvalue weighted by atomic mass is 9.98. The molecule has 2 aromatic rings. The van der Waals surface area contributed by atoms with Crippen LogP contribution in [0.5, 0.6) is 0 Å². The third kappa shape index (κ3) is 3.28. The van der Waals surface area contributed by atoms with Crippen LogP contribution in [-0.4, -0.2) is 22.2 Å². The lowest BCUT2D eigenvalue weighted by Crippen LogP contribution is -2.21. The maximum atomic E-state index is 6.17. The van der Waals surface area contributed by atoms with Gasteiger partial charge >= 0.3 is 0 Å². The van der Waals surface area contributed by atoms with Crippen molar-refractivity contribution in [3.8, 4) is 0 Å². The summed E-state index contributed by atoms with van der Waals surface area (Å²) in [5, 5.41) is 12.3. The van der Waals surface area contributed by atoms with Gasteiger partial charge in [0.1, 0.15) is 0 Å². The van der Waals surface area contributed by atoms with Gasteiger partial charge in [-0.05, 0) is 50.6 Å². The number of pyridine rings is 1. The van der Waals surface area contributed by atoms with Crippen molar-refractivity contribution in [2.24, 2.45) is 0 Å². The molecule has 4 nitrogen and oxygen atoms in total. The predicted molar refractivity (Wildman–Crippen MR) is 76.3 cm³/mol. The molecule has 1 atom stereocenters. The number of nitrogens with zero attached hydrogens (tertiary/aromatic N) is 3. The van der Waals surface area contributed by atoms with E-state index < -0.39 is 0 Å². The summed E-state index contributed by atoms with van der Waals surface area (Å²) in [6.45, 7) is 3.92. The van der Waals surface area contributed by atoms with Crippen molar-refractivity contribution in [2.75, 3.05) is 7.05 Å². The third-order valence-electron chi connectivity index (χ3n) is 3.14. The van der Waals surface area contributed by atoms with Crippen molar-refractivity contribution >= 4 is 11.6 Å². The van der Waals surface area contributed by atoms with E-state index in [0.717, 1.165) is 28.9 Å². The second-order valence-electron chi connectivity index (χ2n) is 4.54. The van der Waals surface area contributed by atoms with Gasteiger partial charge < -0.3 is 5.32 Å². The Morgan fingerprint density at radius 2 is 2.11 bits per heavy atom. The zero-order valence-corrected chi connectivity index (χ0v) is 12.1. The number of aryl methyl sites for hydroxylation is 2. The second kappa shape index (κ2) is 6.08. The van der Waals surface area contributed by atoms with Crippen molar-refractivity contribution in [3.63, 3.8) is 0 Å². The quantitative estimate of drug-likeness (QED) is 0.933. The number of nitrogens with one attached hydrogen (secondary N) is 1. The summed E-state index contributed by atoms with van der Waals surface area (Å²) in [4.78, 5) is 4.01. The molecule has 0 radical (unpaired) electrons. The molecule has 19 heavy (non-hydrogen) atoms. The van der Waals surface area contributed by atoms with Crippen LogP contribution >= 0.6 is 11.6 Å². The maximum absolute atomic E-state index is 6.17. The Kier molecular flexibility index (Phi) is 4.45. The Labute approximate surface area is 118 Å². The molecule has 2 aromatic heterocycles. The summed E-state index contributed by atoms with van der Waals surface area (Å²) in [5.74, 6) is 0. The molecule has 100 valence electrons. The molecule has 0 aliphatic heterocycles. The van der Waals surface area contributed by atoms with Crippen LogP contribution in [0.3, 0.4) is 0 Å². The number of rotatable bonds is 4. The minimum absolute atomic E-state index is 0.161. The first-order valence-electron chi connectivity index (χ1n) is 6.18. The van der Waals surface area contributed by atoms with Crippen LogP contribution < -0.4 is 5.32 Å². The first kappa shape index (κ1) is 13.9. The van der Waals surface area contributed by atoms with Gasteiger partial charge in [0, 0.05) is 18.4 Å². The van der Waals surface area contributed by atoms with Crippen LogP contribution in [-0.2, 0) is 6.42 Å². The fourth-order valence-corrected chi connectivity index (χ4v) is 2.28. The standard InChI is InChI=1S/C14H17ClN4/c1-9-6-12(10(2)19-18-9)14(16-3)7-11-4-5-17-8-13(11)15/h4-6,8,14,16H,7H2,1-3H3. The average Bonchev–Trinajstić information content (AvgIpc) is 2.41. The number of hydrogen-bond acceptors (Lipinski definition) is 4. The topological polar surface area (TPSA) is 50.7 Å². The van der Waals surface area contributed by atoms with E-state index in [0.29, 0.717) is 5.02 Å². The van der Waals surface area contributed by atoms with Gasteiger partial charge in [0.05, 0.1) is 16.4 Å². The van der Waals surface area contributed by atoms with E-state index in [-0.39, 0.29) is 6.04 Å². The Bertz CT molecular complexity index is 571. The minimum atomic E-state index is 0.161. The minimum Gasteiger partial charge on any atom is -0.313 e. The fraction of sp³-hybridized carbons (Fsp3) is 0.357. The number of likely N-dealkylation sites (N-methyl/N-ethyl adjacent to an activating group) is 1. The molecule has 0 saturated heterocycles. The number of hydrogen-bond donors (Lipinski definition) is 1. The molecule has 0 amide bonds. The SMILES string of the molecule is CNC(Cc1ccncc1Cl)c1cc(C)nnc1C. The monoisotopic (exact) mass is 276 g/mol. The molecule has 0 aliphatic carbocycles. The summed E-state index contributed by atoms with van der Waals surface area (Å²) in [6, 6.07) is 4.18. The highest BCUT2D eigenvalue weighted by molar-refractivity contribution is 6.31. The molecule has 0 aromatic carbocycles. The zero-order chi connectivity index (χ0) is 13.8. The van der Waals surface area contributed by atoms with E-state index in [1.807, 2.05) is 27.0 Å². The van der Waals surface area contributed by atoms with Crippen molar-refractivity contribution in [3.05, 3.63) is 52.1 Å². The van der Waals surface area contributed by atoms with E-state index in [9.17, 15) is 0 Å². The van der Waals surface area contributed by atoms with Crippen molar-refractivity contribution in [1.29, 1.82) is 0 Å². The second-order valence-corrected chi connectivity index (χ2v) is 4.95. The lowest BCUT2D eigenvalue weighted by Gasteiger charge is -2.19. The molecule has 0 bridgehead atoms. The van der Waals surface area contributed by atoms with Gasteiger partial charge in [-0.1, -0.05) is 11.6 Å². The molecule has 1 N–H and O–H groups in total. The van der Waals surface area contributed by atoms with Crippen LogP contribution in [0.1, 0.15) is 28.6 Å². The summed E-state index contributed by atoms with van der Waals surface area (Å²) >= 11 is 6.17. The van der Waals surface area contributed by atoms with Gasteiger partial charge in [-0.15, -0.1) is 0 Å². The molecule has 0 saturated carbocycles. The van der Waals surface area contributed by atoms with Crippen LogP contribution in [0.15, 0.2) is 24.5 Å². The first-order chi connectivity index (χ1) is 9.11. The van der Waals surface area contributed by atoms with Crippen molar-refractivity contribution < 1.29 is 0 Å². The van der Waals surface area contributed by atoms with Crippen molar-refractivity contribution in [1.82, 2.24) is 20.5 Å². The molecule has 0 fully saturated rings. The van der Waals surface area contributed by atoms with Gasteiger partial charge in [-0.2, -0.15) is 10.2 Å². The zero-order valence-electron chi connectivity index (χ0n) is 11.3. The highest BCUT2D eigenvalue weighted by atomic mass is 35.5. The van der Waals surface area contributed by atoms with E-state index in [2.05, 4.69) is 26.6 Å². The summed E-state index contributed by atoms with van der Waals surface area (Å²) in [7, 11) is 1.94. The van der Waals surface area contributed by atoms with E-state index >= 15 is 0 Å².